The van der Waals surface area contributed by atoms with Crippen LogP contribution < -0.4 is 10.2 Å². The van der Waals surface area contributed by atoms with E-state index in [1.807, 2.05) is 17.2 Å². The molecule has 2 aromatic rings. The monoisotopic (exact) mass is 433 g/mol. The number of hydrogen-bond donors (Lipinski definition) is 1. The van der Waals surface area contributed by atoms with Crippen molar-refractivity contribution in [3.63, 3.8) is 0 Å². The van der Waals surface area contributed by atoms with E-state index in [9.17, 15) is 4.79 Å². The van der Waals surface area contributed by atoms with Crippen LogP contribution >= 0.6 is 0 Å². The molecule has 8 nitrogen and oxygen atoms in total. The maximum Gasteiger partial charge on any atom is 0.254 e. The molecule has 1 N–H and O–H groups in total. The van der Waals surface area contributed by atoms with E-state index in [1.165, 1.54) is 12.8 Å². The Morgan fingerprint density at radius 1 is 1.25 bits per heavy atom. The number of rotatable bonds is 6. The lowest BCUT2D eigenvalue weighted by atomic mass is 9.97. The second-order valence-corrected chi connectivity index (χ2v) is 10.1. The first-order valence-electron chi connectivity index (χ1n) is 11.9. The van der Waals surface area contributed by atoms with E-state index in [1.54, 1.807) is 6.20 Å². The number of pyridine rings is 1. The number of aliphatic imine (C=N–C) groups is 1. The van der Waals surface area contributed by atoms with Gasteiger partial charge in [0.25, 0.3) is 5.91 Å². The number of nitrogens with zero attached hydrogens (tertiary/aromatic N) is 6. The summed E-state index contributed by atoms with van der Waals surface area (Å²) in [6.07, 6.45) is 11.1. The highest BCUT2D eigenvalue weighted by Crippen LogP contribution is 2.53. The van der Waals surface area contributed by atoms with Crippen molar-refractivity contribution >= 4 is 18.1 Å². The quantitative estimate of drug-likeness (QED) is 0.755. The van der Waals surface area contributed by atoms with E-state index in [2.05, 4.69) is 51.3 Å². The summed E-state index contributed by atoms with van der Waals surface area (Å²) in [4.78, 5) is 26.9. The van der Waals surface area contributed by atoms with Crippen LogP contribution in [-0.2, 0) is 13.0 Å². The van der Waals surface area contributed by atoms with Crippen molar-refractivity contribution in [2.75, 3.05) is 25.0 Å². The van der Waals surface area contributed by atoms with E-state index in [0.29, 0.717) is 23.6 Å². The predicted molar refractivity (Wildman–Crippen MR) is 123 cm³/mol. The Kier molecular flexibility index (Phi) is 4.52. The molecule has 2 aliphatic carbocycles. The molecule has 0 aromatic carbocycles. The Morgan fingerprint density at radius 2 is 2.09 bits per heavy atom. The molecule has 32 heavy (non-hydrogen) atoms. The van der Waals surface area contributed by atoms with Gasteiger partial charge in [-0.15, -0.1) is 0 Å². The summed E-state index contributed by atoms with van der Waals surface area (Å²) in [5, 5.41) is 7.63. The summed E-state index contributed by atoms with van der Waals surface area (Å²) in [6.45, 7) is 5.08. The van der Waals surface area contributed by atoms with E-state index in [4.69, 9.17) is 4.98 Å². The fourth-order valence-corrected chi connectivity index (χ4v) is 5.59. The minimum absolute atomic E-state index is 0.0670. The molecule has 8 heteroatoms. The summed E-state index contributed by atoms with van der Waals surface area (Å²) in [5.41, 5.74) is 3.50. The highest BCUT2D eigenvalue weighted by Gasteiger charge is 2.52. The van der Waals surface area contributed by atoms with Crippen molar-refractivity contribution in [1.82, 2.24) is 25.0 Å². The van der Waals surface area contributed by atoms with E-state index in [-0.39, 0.29) is 18.0 Å². The zero-order chi connectivity index (χ0) is 21.9. The number of aromatic nitrogens is 3. The lowest BCUT2D eigenvalue weighted by Crippen LogP contribution is -2.48. The van der Waals surface area contributed by atoms with Crippen LogP contribution in [0, 0.1) is 5.41 Å². The fraction of sp³-hybridized carbons (Fsp3) is 0.583. The second kappa shape index (κ2) is 7.32. The van der Waals surface area contributed by atoms with E-state index < -0.39 is 0 Å². The van der Waals surface area contributed by atoms with Gasteiger partial charge in [0.05, 0.1) is 42.8 Å². The van der Waals surface area contributed by atoms with Crippen LogP contribution in [0.3, 0.4) is 0 Å². The largest absolute Gasteiger partial charge is 0.361 e. The summed E-state index contributed by atoms with van der Waals surface area (Å²) >= 11 is 0. The third kappa shape index (κ3) is 3.36. The first-order valence-corrected chi connectivity index (χ1v) is 11.9. The van der Waals surface area contributed by atoms with Gasteiger partial charge in [-0.1, -0.05) is 13.0 Å². The number of carbonyl (C=O) groups is 1. The number of amides is 1. The third-order valence-corrected chi connectivity index (χ3v) is 7.79. The lowest BCUT2D eigenvalue weighted by molar-refractivity contribution is 0.0934. The minimum atomic E-state index is -0.0670. The van der Waals surface area contributed by atoms with Crippen LogP contribution in [-0.4, -0.2) is 70.2 Å². The van der Waals surface area contributed by atoms with Crippen LogP contribution in [0.5, 0.6) is 0 Å². The molecule has 4 heterocycles. The maximum atomic E-state index is 12.8. The molecule has 0 radical (unpaired) electrons. The molecule has 6 rings (SSSR count). The van der Waals surface area contributed by atoms with Gasteiger partial charge in [-0.25, -0.2) is 4.98 Å². The predicted octanol–water partition coefficient (Wildman–Crippen LogP) is 2.09. The van der Waals surface area contributed by atoms with Crippen LogP contribution in [0.25, 0.3) is 0 Å². The Morgan fingerprint density at radius 3 is 2.88 bits per heavy atom. The molecule has 1 spiro atoms. The topological polar surface area (TPSA) is 78.7 Å². The molecule has 3 fully saturated rings. The molecular formula is C24H31N7O. The van der Waals surface area contributed by atoms with Crippen molar-refractivity contribution in [1.29, 1.82) is 0 Å². The first kappa shape index (κ1) is 19.8. The summed E-state index contributed by atoms with van der Waals surface area (Å²) in [7, 11) is 2.06. The SMILES string of the molecule is CCc1nc(N2CC3(CC3)C2)ccc1Cn1cc(C(=O)N[C@@H]2CCC3C2N=CN3C)cn1. The van der Waals surface area contributed by atoms with Crippen LogP contribution in [0.15, 0.2) is 29.5 Å². The van der Waals surface area contributed by atoms with Crippen molar-refractivity contribution in [3.8, 4) is 0 Å². The fourth-order valence-electron chi connectivity index (χ4n) is 5.59. The first-order chi connectivity index (χ1) is 15.5. The van der Waals surface area contributed by atoms with Crippen molar-refractivity contribution in [2.24, 2.45) is 10.4 Å². The van der Waals surface area contributed by atoms with Crippen molar-refractivity contribution in [3.05, 3.63) is 41.3 Å². The standard InChI is InChI=1S/C24H31N7O/c1-3-18-16(4-7-21(27-18)30-13-24(14-30)8-9-24)11-31-12-17(10-26-31)23(32)28-19-5-6-20-22(19)25-15-29(20)2/h4,7,10,12,15,19-20,22H,3,5-6,8-9,11,13-14H2,1-2H3,(H,28,32)/t19-,20?,22?/m1/s1. The molecule has 168 valence electrons. The van der Waals surface area contributed by atoms with E-state index >= 15 is 0 Å². The minimum Gasteiger partial charge on any atom is -0.361 e. The summed E-state index contributed by atoms with van der Waals surface area (Å²) in [6, 6.07) is 4.98. The number of anilines is 1. The molecular weight excluding hydrogens is 402 g/mol. The normalized spacial score (nSPS) is 27.0. The number of fused-ring (bicyclic) bond motifs is 1. The molecule has 0 bridgehead atoms. The molecule has 4 aliphatic rings. The average Bonchev–Trinajstić information content (AvgIpc) is 3.08. The van der Waals surface area contributed by atoms with Gasteiger partial charge in [0.2, 0.25) is 0 Å². The highest BCUT2D eigenvalue weighted by molar-refractivity contribution is 5.94. The van der Waals surface area contributed by atoms with Gasteiger partial charge in [-0.2, -0.15) is 5.10 Å². The third-order valence-electron chi connectivity index (χ3n) is 7.79. The number of likely N-dealkylation sites (N-methyl/N-ethyl adjacent to an activating group) is 1. The summed E-state index contributed by atoms with van der Waals surface area (Å²) in [5.74, 6) is 1.03. The molecule has 2 saturated carbocycles. The second-order valence-electron chi connectivity index (χ2n) is 10.1. The molecule has 2 aliphatic heterocycles. The number of nitrogens with one attached hydrogen (secondary N) is 1. The molecule has 2 unspecified atom stereocenters. The van der Waals surface area contributed by atoms with Crippen LogP contribution in [0.4, 0.5) is 5.82 Å². The van der Waals surface area contributed by atoms with Gasteiger partial charge in [-0.3, -0.25) is 14.5 Å². The van der Waals surface area contributed by atoms with Gasteiger partial charge in [0.1, 0.15) is 5.82 Å². The van der Waals surface area contributed by atoms with Gasteiger partial charge in [0.15, 0.2) is 0 Å². The van der Waals surface area contributed by atoms with E-state index in [0.717, 1.165) is 49.4 Å². The van der Waals surface area contributed by atoms with Gasteiger partial charge >= 0.3 is 0 Å². The van der Waals surface area contributed by atoms with Crippen LogP contribution in [0.1, 0.15) is 54.2 Å². The Bertz CT molecular complexity index is 1060. The maximum absolute atomic E-state index is 12.8. The molecule has 2 aromatic heterocycles. The van der Waals surface area contributed by atoms with Crippen molar-refractivity contribution in [2.45, 2.75) is 63.7 Å². The number of carbonyl (C=O) groups excluding carboxylic acids is 1. The number of hydrogen-bond acceptors (Lipinski definition) is 6. The van der Waals surface area contributed by atoms with Gasteiger partial charge in [-0.05, 0) is 43.7 Å². The molecule has 1 saturated heterocycles. The van der Waals surface area contributed by atoms with Crippen LogP contribution in [0.2, 0.25) is 0 Å². The zero-order valence-electron chi connectivity index (χ0n) is 18.9. The van der Waals surface area contributed by atoms with Gasteiger partial charge < -0.3 is 15.1 Å². The highest BCUT2D eigenvalue weighted by atomic mass is 16.1. The number of aryl methyl sites for hydroxylation is 1. The Hall–Kier alpha value is -2.90. The smallest absolute Gasteiger partial charge is 0.254 e. The summed E-state index contributed by atoms with van der Waals surface area (Å²) < 4.78 is 1.84. The lowest BCUT2D eigenvalue weighted by Gasteiger charge is -2.41. The van der Waals surface area contributed by atoms with Gasteiger partial charge in [0, 0.05) is 37.4 Å². The Labute approximate surface area is 188 Å². The van der Waals surface area contributed by atoms with Crippen molar-refractivity contribution < 1.29 is 4.79 Å². The molecule has 3 atom stereocenters. The zero-order valence-corrected chi connectivity index (χ0v) is 18.9. The average molecular weight is 434 g/mol. The Balaban J connectivity index is 1.11. The molecule has 1 amide bonds.